The normalized spacial score (nSPS) is 13.3. The first-order chi connectivity index (χ1) is 6.91. The Bertz CT molecular complexity index is 332. The molecule has 1 aromatic carbocycles. The van der Waals surface area contributed by atoms with E-state index in [2.05, 4.69) is 4.74 Å². The van der Waals surface area contributed by atoms with Gasteiger partial charge in [-0.1, -0.05) is 30.3 Å². The summed E-state index contributed by atoms with van der Waals surface area (Å²) in [6.07, 6.45) is -6.77. The van der Waals surface area contributed by atoms with Gasteiger partial charge in [0.25, 0.3) is 0 Å². The summed E-state index contributed by atoms with van der Waals surface area (Å²) in [6, 6.07) is 7.03. The average Bonchev–Trinajstić information content (AvgIpc) is 2.14. The predicted molar refractivity (Wildman–Crippen MR) is 47.0 cm³/mol. The van der Waals surface area contributed by atoms with E-state index in [0.29, 0.717) is 0 Å². The molecule has 0 heterocycles. The van der Waals surface area contributed by atoms with E-state index in [1.807, 2.05) is 0 Å². The number of hydrogen-bond donors (Lipinski definition) is 0. The zero-order valence-corrected chi connectivity index (χ0v) is 7.91. The first kappa shape index (κ1) is 11.6. The minimum atomic E-state index is -4.59. The summed E-state index contributed by atoms with van der Waals surface area (Å²) < 4.78 is 41.7. The predicted octanol–water partition coefficient (Wildman–Crippen LogP) is 2.85. The summed E-state index contributed by atoms with van der Waals surface area (Å²) in [5.74, 6) is -0.957. The van der Waals surface area contributed by atoms with Crippen molar-refractivity contribution in [3.63, 3.8) is 0 Å². The van der Waals surface area contributed by atoms with Gasteiger partial charge in [0.1, 0.15) is 0 Å². The molecule has 1 aromatic rings. The fourth-order valence-electron chi connectivity index (χ4n) is 1.12. The quantitative estimate of drug-likeness (QED) is 0.713. The molecule has 2 nitrogen and oxygen atoms in total. The Hall–Kier alpha value is -1.52. The van der Waals surface area contributed by atoms with Crippen LogP contribution in [0, 0.1) is 0 Å². The minimum Gasteiger partial charge on any atom is -0.448 e. The highest BCUT2D eigenvalue weighted by molar-refractivity contribution is 5.66. The van der Waals surface area contributed by atoms with Crippen LogP contribution in [0.3, 0.4) is 0 Å². The monoisotopic (exact) mass is 218 g/mol. The molecule has 0 aliphatic rings. The van der Waals surface area contributed by atoms with Gasteiger partial charge in [-0.25, -0.2) is 0 Å². The van der Waals surface area contributed by atoms with E-state index in [1.165, 1.54) is 24.3 Å². The van der Waals surface area contributed by atoms with Crippen LogP contribution in [0.15, 0.2) is 30.3 Å². The Morgan fingerprint density at radius 1 is 1.27 bits per heavy atom. The van der Waals surface area contributed by atoms with Crippen molar-refractivity contribution < 1.29 is 22.7 Å². The van der Waals surface area contributed by atoms with Gasteiger partial charge in [0.05, 0.1) is 0 Å². The maximum Gasteiger partial charge on any atom is 0.429 e. The zero-order valence-electron chi connectivity index (χ0n) is 7.91. The number of esters is 1. The van der Waals surface area contributed by atoms with E-state index in [9.17, 15) is 18.0 Å². The fourth-order valence-corrected chi connectivity index (χ4v) is 1.12. The summed E-state index contributed by atoms with van der Waals surface area (Å²) in [6.45, 7) is 0.946. The number of carbonyl (C=O) groups is 1. The highest BCUT2D eigenvalue weighted by Gasteiger charge is 2.43. The lowest BCUT2D eigenvalue weighted by Crippen LogP contribution is -2.25. The van der Waals surface area contributed by atoms with Crippen molar-refractivity contribution in [3.05, 3.63) is 35.9 Å². The third-order valence-electron chi connectivity index (χ3n) is 1.68. The second kappa shape index (κ2) is 4.33. The molecule has 0 spiro atoms. The molecule has 0 N–H and O–H groups in total. The molecule has 5 heteroatoms. The average molecular weight is 218 g/mol. The van der Waals surface area contributed by atoms with E-state index < -0.39 is 18.2 Å². The summed E-state index contributed by atoms with van der Waals surface area (Å²) >= 11 is 0. The fraction of sp³-hybridized carbons (Fsp3) is 0.300. The lowest BCUT2D eigenvalue weighted by atomic mass is 10.1. The molecular formula is C10H9F3O2. The minimum absolute atomic E-state index is 0.0831. The highest BCUT2D eigenvalue weighted by Crippen LogP contribution is 2.35. The molecule has 0 fully saturated rings. The Kier molecular flexibility index (Phi) is 3.34. The van der Waals surface area contributed by atoms with E-state index in [-0.39, 0.29) is 5.56 Å². The summed E-state index contributed by atoms with van der Waals surface area (Å²) in [7, 11) is 0. The van der Waals surface area contributed by atoms with Crippen molar-refractivity contribution in [2.45, 2.75) is 19.2 Å². The van der Waals surface area contributed by atoms with Crippen molar-refractivity contribution >= 4 is 5.97 Å². The maximum absolute atomic E-state index is 12.5. The summed E-state index contributed by atoms with van der Waals surface area (Å²) in [4.78, 5) is 10.6. The molecule has 0 aromatic heterocycles. The van der Waals surface area contributed by atoms with Gasteiger partial charge in [-0.2, -0.15) is 13.2 Å². The summed E-state index contributed by atoms with van der Waals surface area (Å²) in [5, 5.41) is 0. The van der Waals surface area contributed by atoms with Gasteiger partial charge in [-0.3, -0.25) is 4.79 Å². The number of hydrogen-bond acceptors (Lipinski definition) is 2. The molecule has 0 saturated heterocycles. The lowest BCUT2D eigenvalue weighted by molar-refractivity contribution is -0.222. The van der Waals surface area contributed by atoms with Crippen LogP contribution in [-0.2, 0) is 9.53 Å². The molecule has 0 aliphatic heterocycles. The van der Waals surface area contributed by atoms with Gasteiger partial charge < -0.3 is 4.74 Å². The van der Waals surface area contributed by atoms with Gasteiger partial charge in [0.2, 0.25) is 6.10 Å². The van der Waals surface area contributed by atoms with E-state index >= 15 is 0 Å². The van der Waals surface area contributed by atoms with Gasteiger partial charge >= 0.3 is 12.1 Å². The number of ether oxygens (including phenoxy) is 1. The molecule has 1 rings (SSSR count). The van der Waals surface area contributed by atoms with Gasteiger partial charge in [-0.15, -0.1) is 0 Å². The van der Waals surface area contributed by atoms with Crippen molar-refractivity contribution in [2.24, 2.45) is 0 Å². The molecule has 15 heavy (non-hydrogen) atoms. The van der Waals surface area contributed by atoms with Crippen molar-refractivity contribution in [1.82, 2.24) is 0 Å². The van der Waals surface area contributed by atoms with E-state index in [0.717, 1.165) is 6.92 Å². The first-order valence-electron chi connectivity index (χ1n) is 4.20. The number of benzene rings is 1. The van der Waals surface area contributed by atoms with Gasteiger partial charge in [0, 0.05) is 12.5 Å². The second-order valence-electron chi connectivity index (χ2n) is 2.94. The lowest BCUT2D eigenvalue weighted by Gasteiger charge is -2.20. The second-order valence-corrected chi connectivity index (χ2v) is 2.94. The van der Waals surface area contributed by atoms with Gasteiger partial charge in [0.15, 0.2) is 0 Å². The van der Waals surface area contributed by atoms with Crippen LogP contribution in [0.4, 0.5) is 13.2 Å². The molecule has 0 unspecified atom stereocenters. The van der Waals surface area contributed by atoms with Crippen LogP contribution in [0.2, 0.25) is 0 Å². The van der Waals surface area contributed by atoms with Crippen molar-refractivity contribution in [2.75, 3.05) is 0 Å². The Morgan fingerprint density at radius 2 is 1.80 bits per heavy atom. The standard InChI is InChI=1S/C10H9F3O2/c1-7(14)15-9(10(11,12)13)8-5-3-2-4-6-8/h2-6,9H,1H3/t9-/m1/s1. The Morgan fingerprint density at radius 3 is 2.20 bits per heavy atom. The summed E-state index contributed by atoms with van der Waals surface area (Å²) in [5.41, 5.74) is -0.0831. The Labute approximate surface area is 84.7 Å². The number of rotatable bonds is 2. The van der Waals surface area contributed by atoms with Crippen LogP contribution < -0.4 is 0 Å². The van der Waals surface area contributed by atoms with Crippen LogP contribution in [0.25, 0.3) is 0 Å². The third-order valence-corrected chi connectivity index (χ3v) is 1.68. The highest BCUT2D eigenvalue weighted by atomic mass is 19.4. The molecule has 0 saturated carbocycles. The Balaban J connectivity index is 2.97. The largest absolute Gasteiger partial charge is 0.448 e. The van der Waals surface area contributed by atoms with Crippen LogP contribution in [0.1, 0.15) is 18.6 Å². The van der Waals surface area contributed by atoms with E-state index in [1.54, 1.807) is 6.07 Å². The van der Waals surface area contributed by atoms with Crippen LogP contribution in [0.5, 0.6) is 0 Å². The first-order valence-corrected chi connectivity index (χ1v) is 4.20. The van der Waals surface area contributed by atoms with Crippen molar-refractivity contribution in [3.8, 4) is 0 Å². The van der Waals surface area contributed by atoms with Crippen LogP contribution >= 0.6 is 0 Å². The smallest absolute Gasteiger partial charge is 0.429 e. The van der Waals surface area contributed by atoms with Gasteiger partial charge in [-0.05, 0) is 0 Å². The molecule has 1 atom stereocenters. The third kappa shape index (κ3) is 3.27. The van der Waals surface area contributed by atoms with Crippen LogP contribution in [-0.4, -0.2) is 12.1 Å². The topological polar surface area (TPSA) is 26.3 Å². The molecular weight excluding hydrogens is 209 g/mol. The molecule has 0 amide bonds. The maximum atomic E-state index is 12.5. The molecule has 82 valence electrons. The number of halogens is 3. The molecule has 0 bridgehead atoms. The molecule has 0 aliphatic carbocycles. The van der Waals surface area contributed by atoms with E-state index in [4.69, 9.17) is 0 Å². The molecule has 0 radical (unpaired) electrons. The SMILES string of the molecule is CC(=O)O[C@H](c1ccccc1)C(F)(F)F. The van der Waals surface area contributed by atoms with Crippen molar-refractivity contribution in [1.29, 1.82) is 0 Å². The number of carbonyl (C=O) groups excluding carboxylic acids is 1. The zero-order chi connectivity index (χ0) is 11.5. The number of alkyl halides is 3.